The summed E-state index contributed by atoms with van der Waals surface area (Å²) in [5.41, 5.74) is 1.11. The van der Waals surface area contributed by atoms with Crippen molar-refractivity contribution >= 4 is 21.9 Å². The molecule has 0 radical (unpaired) electrons. The summed E-state index contributed by atoms with van der Waals surface area (Å²) in [5.74, 6) is 0.564. The summed E-state index contributed by atoms with van der Waals surface area (Å²) in [5, 5.41) is 2.42. The van der Waals surface area contributed by atoms with Crippen LogP contribution in [0.2, 0.25) is 0 Å². The number of rotatable bonds is 3. The molecule has 0 aliphatic carbocycles. The van der Waals surface area contributed by atoms with E-state index in [4.69, 9.17) is 0 Å². The van der Waals surface area contributed by atoms with Crippen molar-refractivity contribution in [2.75, 3.05) is 0 Å². The Morgan fingerprint density at radius 2 is 1.42 bits per heavy atom. The highest BCUT2D eigenvalue weighted by atomic mass is 32.2. The lowest BCUT2D eigenvalue weighted by molar-refractivity contribution is 0.594. The fourth-order valence-corrected chi connectivity index (χ4v) is 3.25. The summed E-state index contributed by atoms with van der Waals surface area (Å²) in [7, 11) is 0. The monoisotopic (exact) mass is 266 g/mol. The highest BCUT2D eigenvalue weighted by Gasteiger charge is 2.11. The van der Waals surface area contributed by atoms with E-state index in [0.29, 0.717) is 5.75 Å². The van der Waals surface area contributed by atoms with Crippen LogP contribution in [0.5, 0.6) is 0 Å². The first kappa shape index (κ1) is 12.3. The predicted octanol–water partition coefficient (Wildman–Crippen LogP) is 4.15. The SMILES string of the molecule is [O-][S+](Cc1ccc2ccccc2c1)c1ccccc1. The third-order valence-electron chi connectivity index (χ3n) is 3.12. The van der Waals surface area contributed by atoms with Crippen LogP contribution in [0.15, 0.2) is 77.7 Å². The van der Waals surface area contributed by atoms with E-state index in [9.17, 15) is 4.55 Å². The minimum absolute atomic E-state index is 0.564. The average molecular weight is 266 g/mol. The Balaban J connectivity index is 1.85. The molecule has 0 fully saturated rings. The van der Waals surface area contributed by atoms with E-state index in [2.05, 4.69) is 30.3 Å². The van der Waals surface area contributed by atoms with E-state index in [1.54, 1.807) is 0 Å². The third-order valence-corrected chi connectivity index (χ3v) is 4.51. The van der Waals surface area contributed by atoms with Crippen molar-refractivity contribution in [3.05, 3.63) is 78.4 Å². The molecule has 0 aliphatic rings. The van der Waals surface area contributed by atoms with Gasteiger partial charge in [-0.1, -0.05) is 54.6 Å². The first-order valence-corrected chi connectivity index (χ1v) is 7.56. The molecule has 0 aromatic heterocycles. The molecule has 19 heavy (non-hydrogen) atoms. The van der Waals surface area contributed by atoms with E-state index in [0.717, 1.165) is 10.5 Å². The number of hydrogen-bond acceptors (Lipinski definition) is 1. The second-order valence-electron chi connectivity index (χ2n) is 4.48. The van der Waals surface area contributed by atoms with Gasteiger partial charge >= 0.3 is 0 Å². The predicted molar refractivity (Wildman–Crippen MR) is 80.5 cm³/mol. The minimum atomic E-state index is -0.977. The fourth-order valence-electron chi connectivity index (χ4n) is 2.14. The summed E-state index contributed by atoms with van der Waals surface area (Å²) in [6.45, 7) is 0. The highest BCUT2D eigenvalue weighted by molar-refractivity contribution is 7.90. The van der Waals surface area contributed by atoms with E-state index in [-0.39, 0.29) is 0 Å². The van der Waals surface area contributed by atoms with Gasteiger partial charge in [-0.15, -0.1) is 0 Å². The highest BCUT2D eigenvalue weighted by Crippen LogP contribution is 2.20. The molecule has 0 heterocycles. The summed E-state index contributed by atoms with van der Waals surface area (Å²) < 4.78 is 12.3. The van der Waals surface area contributed by atoms with Crippen LogP contribution in [0.1, 0.15) is 5.56 Å². The van der Waals surface area contributed by atoms with Crippen molar-refractivity contribution in [1.82, 2.24) is 0 Å². The van der Waals surface area contributed by atoms with Crippen LogP contribution in [0.3, 0.4) is 0 Å². The fraction of sp³-hybridized carbons (Fsp3) is 0.0588. The van der Waals surface area contributed by atoms with Gasteiger partial charge in [-0.05, 0) is 40.1 Å². The Morgan fingerprint density at radius 1 is 0.737 bits per heavy atom. The maximum atomic E-state index is 12.3. The van der Waals surface area contributed by atoms with Crippen LogP contribution in [-0.4, -0.2) is 4.55 Å². The van der Waals surface area contributed by atoms with Crippen LogP contribution < -0.4 is 0 Å². The van der Waals surface area contributed by atoms with Crippen molar-refractivity contribution in [1.29, 1.82) is 0 Å². The van der Waals surface area contributed by atoms with Crippen LogP contribution in [0, 0.1) is 0 Å². The lowest BCUT2D eigenvalue weighted by Gasteiger charge is -2.10. The van der Waals surface area contributed by atoms with Gasteiger partial charge in [-0.2, -0.15) is 0 Å². The molecular weight excluding hydrogens is 252 g/mol. The molecule has 3 rings (SSSR count). The number of hydrogen-bond donors (Lipinski definition) is 0. The second-order valence-corrected chi connectivity index (χ2v) is 5.94. The summed E-state index contributed by atoms with van der Waals surface area (Å²) in [4.78, 5) is 0.885. The Morgan fingerprint density at radius 3 is 2.21 bits per heavy atom. The molecule has 0 N–H and O–H groups in total. The van der Waals surface area contributed by atoms with E-state index >= 15 is 0 Å². The smallest absolute Gasteiger partial charge is 0.153 e. The van der Waals surface area contributed by atoms with Crippen LogP contribution in [0.25, 0.3) is 10.8 Å². The maximum absolute atomic E-state index is 12.3. The summed E-state index contributed by atoms with van der Waals surface area (Å²) in [6, 6.07) is 24.1. The van der Waals surface area contributed by atoms with Crippen LogP contribution in [0.4, 0.5) is 0 Å². The number of fused-ring (bicyclic) bond motifs is 1. The first-order chi connectivity index (χ1) is 9.33. The van der Waals surface area contributed by atoms with Crippen LogP contribution in [-0.2, 0) is 16.9 Å². The minimum Gasteiger partial charge on any atom is -0.611 e. The van der Waals surface area contributed by atoms with Gasteiger partial charge in [0.25, 0.3) is 0 Å². The molecule has 0 saturated heterocycles. The molecule has 0 spiro atoms. The molecular formula is C17H14OS. The zero-order chi connectivity index (χ0) is 13.1. The van der Waals surface area contributed by atoms with Crippen molar-refractivity contribution in [3.63, 3.8) is 0 Å². The molecule has 94 valence electrons. The van der Waals surface area contributed by atoms with Gasteiger partial charge in [0.1, 0.15) is 5.75 Å². The lowest BCUT2D eigenvalue weighted by atomic mass is 10.1. The van der Waals surface area contributed by atoms with Gasteiger partial charge in [-0.25, -0.2) is 0 Å². The van der Waals surface area contributed by atoms with E-state index in [1.807, 2.05) is 42.5 Å². The van der Waals surface area contributed by atoms with Gasteiger partial charge in [0, 0.05) is 5.56 Å². The molecule has 0 amide bonds. The average Bonchev–Trinajstić information content (AvgIpc) is 2.48. The van der Waals surface area contributed by atoms with E-state index < -0.39 is 11.2 Å². The van der Waals surface area contributed by atoms with Crippen molar-refractivity contribution in [2.45, 2.75) is 10.6 Å². The Labute approximate surface area is 116 Å². The van der Waals surface area contributed by atoms with Gasteiger partial charge in [-0.3, -0.25) is 0 Å². The van der Waals surface area contributed by atoms with Gasteiger partial charge in [0.05, 0.1) is 0 Å². The molecule has 3 aromatic rings. The molecule has 1 unspecified atom stereocenters. The lowest BCUT2D eigenvalue weighted by Crippen LogP contribution is -2.04. The summed E-state index contributed by atoms with van der Waals surface area (Å²) in [6.07, 6.45) is 0. The molecule has 0 saturated carbocycles. The largest absolute Gasteiger partial charge is 0.611 e. The molecule has 1 nitrogen and oxygen atoms in total. The van der Waals surface area contributed by atoms with E-state index in [1.165, 1.54) is 10.8 Å². The zero-order valence-corrected chi connectivity index (χ0v) is 11.3. The van der Waals surface area contributed by atoms with Crippen LogP contribution >= 0.6 is 0 Å². The van der Waals surface area contributed by atoms with Gasteiger partial charge < -0.3 is 4.55 Å². The van der Waals surface area contributed by atoms with Crippen molar-refractivity contribution in [3.8, 4) is 0 Å². The Bertz CT molecular complexity index is 679. The molecule has 3 aromatic carbocycles. The van der Waals surface area contributed by atoms with Crippen molar-refractivity contribution in [2.24, 2.45) is 0 Å². The Kier molecular flexibility index (Phi) is 3.53. The van der Waals surface area contributed by atoms with Gasteiger partial charge in [0.15, 0.2) is 4.90 Å². The molecule has 2 heteroatoms. The molecule has 0 aliphatic heterocycles. The molecule has 0 bridgehead atoms. The summed E-state index contributed by atoms with van der Waals surface area (Å²) >= 11 is -0.977. The van der Waals surface area contributed by atoms with Gasteiger partial charge in [0.2, 0.25) is 0 Å². The number of benzene rings is 3. The normalized spacial score (nSPS) is 12.5. The Hall–Kier alpha value is -1.77. The second kappa shape index (κ2) is 5.47. The first-order valence-electron chi connectivity index (χ1n) is 6.24. The topological polar surface area (TPSA) is 23.1 Å². The third kappa shape index (κ3) is 2.80. The molecule has 1 atom stereocenters. The quantitative estimate of drug-likeness (QED) is 0.653. The maximum Gasteiger partial charge on any atom is 0.153 e. The zero-order valence-electron chi connectivity index (χ0n) is 10.5. The standard InChI is InChI=1S/C17H14OS/c18-19(17-8-2-1-3-9-17)13-14-10-11-15-6-4-5-7-16(15)12-14/h1-12H,13H2. The van der Waals surface area contributed by atoms with Crippen molar-refractivity contribution < 1.29 is 4.55 Å².